The van der Waals surface area contributed by atoms with Gasteiger partial charge in [-0.1, -0.05) is 6.08 Å². The predicted octanol–water partition coefficient (Wildman–Crippen LogP) is 0.954. The van der Waals surface area contributed by atoms with Crippen LogP contribution in [0.5, 0.6) is 0 Å². The molecule has 0 bridgehead atoms. The maximum atomic E-state index is 4.06. The number of rotatable bonds is 0. The third-order valence-electron chi connectivity index (χ3n) is 2.39. The van der Waals surface area contributed by atoms with Gasteiger partial charge in [-0.15, -0.1) is 0 Å². The summed E-state index contributed by atoms with van der Waals surface area (Å²) in [6, 6.07) is 0. The number of hydrogen-bond donors (Lipinski definition) is 1. The molecule has 1 saturated heterocycles. The van der Waals surface area contributed by atoms with Crippen molar-refractivity contribution in [2.75, 3.05) is 13.1 Å². The van der Waals surface area contributed by atoms with Crippen molar-refractivity contribution in [3.05, 3.63) is 12.3 Å². The highest BCUT2D eigenvalue weighted by Gasteiger charge is 2.30. The van der Waals surface area contributed by atoms with Gasteiger partial charge in [0.05, 0.1) is 0 Å². The Kier molecular flexibility index (Phi) is 1.34. The average molecular weight is 136 g/mol. The fraction of sp³-hybridized carbons (Fsp3) is 0.625. The van der Waals surface area contributed by atoms with Crippen molar-refractivity contribution in [2.45, 2.75) is 12.8 Å². The first kappa shape index (κ1) is 6.10. The van der Waals surface area contributed by atoms with Crippen molar-refractivity contribution in [1.82, 2.24) is 5.32 Å². The standard InChI is InChI=1S/C8H12N2/c1-4-9-5-2-8(1)3-6-10-7-8/h1,4-5,10H,2-3,6-7H2. The maximum absolute atomic E-state index is 4.06. The fourth-order valence-corrected chi connectivity index (χ4v) is 1.64. The lowest BCUT2D eigenvalue weighted by Crippen LogP contribution is -2.23. The van der Waals surface area contributed by atoms with Crippen LogP contribution in [0.1, 0.15) is 12.8 Å². The number of nitrogens with zero attached hydrogens (tertiary/aromatic N) is 1. The van der Waals surface area contributed by atoms with Crippen LogP contribution in [0.25, 0.3) is 0 Å². The zero-order valence-corrected chi connectivity index (χ0v) is 6.01. The summed E-state index contributed by atoms with van der Waals surface area (Å²) in [5.74, 6) is 0. The van der Waals surface area contributed by atoms with Gasteiger partial charge < -0.3 is 5.32 Å². The van der Waals surface area contributed by atoms with Gasteiger partial charge in [-0.25, -0.2) is 0 Å². The largest absolute Gasteiger partial charge is 0.316 e. The normalized spacial score (nSPS) is 37.6. The summed E-state index contributed by atoms with van der Waals surface area (Å²) in [5.41, 5.74) is 0.432. The Balaban J connectivity index is 2.15. The minimum atomic E-state index is 0.432. The monoisotopic (exact) mass is 136 g/mol. The molecule has 1 N–H and O–H groups in total. The average Bonchev–Trinajstić information content (AvgIpc) is 2.39. The molecular formula is C8H12N2. The second-order valence-corrected chi connectivity index (χ2v) is 3.14. The molecule has 0 aliphatic carbocycles. The van der Waals surface area contributed by atoms with E-state index < -0.39 is 0 Å². The van der Waals surface area contributed by atoms with E-state index in [2.05, 4.69) is 16.4 Å². The van der Waals surface area contributed by atoms with Crippen LogP contribution in [0, 0.1) is 5.41 Å². The van der Waals surface area contributed by atoms with Gasteiger partial charge in [-0.2, -0.15) is 0 Å². The van der Waals surface area contributed by atoms with E-state index in [1.807, 2.05) is 12.4 Å². The zero-order valence-electron chi connectivity index (χ0n) is 6.01. The first-order chi connectivity index (χ1) is 4.91. The molecule has 1 unspecified atom stereocenters. The molecule has 1 spiro atoms. The van der Waals surface area contributed by atoms with Crippen LogP contribution in [0.4, 0.5) is 0 Å². The van der Waals surface area contributed by atoms with Gasteiger partial charge in [0.25, 0.3) is 0 Å². The second kappa shape index (κ2) is 2.20. The highest BCUT2D eigenvalue weighted by molar-refractivity contribution is 5.61. The van der Waals surface area contributed by atoms with E-state index in [0.717, 1.165) is 19.5 Å². The van der Waals surface area contributed by atoms with Crippen molar-refractivity contribution in [2.24, 2.45) is 10.4 Å². The Labute approximate surface area is 61.0 Å². The Morgan fingerprint density at radius 1 is 1.50 bits per heavy atom. The van der Waals surface area contributed by atoms with Crippen molar-refractivity contribution < 1.29 is 0 Å². The van der Waals surface area contributed by atoms with E-state index in [4.69, 9.17) is 0 Å². The molecule has 2 aliphatic rings. The number of hydrogen-bond acceptors (Lipinski definition) is 2. The fourth-order valence-electron chi connectivity index (χ4n) is 1.64. The molecule has 2 nitrogen and oxygen atoms in total. The number of nitrogens with one attached hydrogen (secondary N) is 1. The van der Waals surface area contributed by atoms with Crippen LogP contribution in [-0.4, -0.2) is 19.3 Å². The Morgan fingerprint density at radius 3 is 3.10 bits per heavy atom. The van der Waals surface area contributed by atoms with Crippen LogP contribution in [0.2, 0.25) is 0 Å². The molecule has 0 radical (unpaired) electrons. The van der Waals surface area contributed by atoms with E-state index in [-0.39, 0.29) is 0 Å². The third kappa shape index (κ3) is 0.886. The van der Waals surface area contributed by atoms with Crippen LogP contribution in [0.15, 0.2) is 17.3 Å². The quantitative estimate of drug-likeness (QED) is 0.527. The molecule has 1 atom stereocenters. The van der Waals surface area contributed by atoms with Crippen LogP contribution in [-0.2, 0) is 0 Å². The zero-order chi connectivity index (χ0) is 6.86. The first-order valence-corrected chi connectivity index (χ1v) is 3.81. The molecule has 2 aliphatic heterocycles. The Hall–Kier alpha value is -0.630. The molecule has 10 heavy (non-hydrogen) atoms. The van der Waals surface area contributed by atoms with E-state index in [1.54, 1.807) is 0 Å². The Morgan fingerprint density at radius 2 is 2.50 bits per heavy atom. The molecule has 0 aromatic rings. The van der Waals surface area contributed by atoms with Crippen LogP contribution < -0.4 is 5.32 Å². The molecule has 0 aromatic heterocycles. The van der Waals surface area contributed by atoms with Crippen LogP contribution >= 0.6 is 0 Å². The minimum Gasteiger partial charge on any atom is -0.316 e. The van der Waals surface area contributed by atoms with Gasteiger partial charge in [-0.3, -0.25) is 4.99 Å². The SMILES string of the molecule is C1=CC2(CC=N1)CCNC2. The summed E-state index contributed by atoms with van der Waals surface area (Å²) < 4.78 is 0. The second-order valence-electron chi connectivity index (χ2n) is 3.14. The maximum Gasteiger partial charge on any atom is 0.0230 e. The first-order valence-electron chi connectivity index (χ1n) is 3.81. The van der Waals surface area contributed by atoms with Crippen molar-refractivity contribution in [3.8, 4) is 0 Å². The van der Waals surface area contributed by atoms with Crippen molar-refractivity contribution >= 4 is 6.21 Å². The lowest BCUT2D eigenvalue weighted by atomic mass is 9.83. The predicted molar refractivity (Wildman–Crippen MR) is 42.2 cm³/mol. The van der Waals surface area contributed by atoms with E-state index >= 15 is 0 Å². The summed E-state index contributed by atoms with van der Waals surface area (Å²) in [5, 5.41) is 3.37. The molecule has 0 aromatic carbocycles. The number of aliphatic imine (C=N–C) groups is 1. The summed E-state index contributed by atoms with van der Waals surface area (Å²) in [7, 11) is 0. The molecule has 2 heterocycles. The highest BCUT2D eigenvalue weighted by Crippen LogP contribution is 2.31. The minimum absolute atomic E-state index is 0.432. The van der Waals surface area contributed by atoms with E-state index in [9.17, 15) is 0 Å². The summed E-state index contributed by atoms with van der Waals surface area (Å²) in [4.78, 5) is 4.06. The van der Waals surface area contributed by atoms with E-state index in [1.165, 1.54) is 6.42 Å². The van der Waals surface area contributed by atoms with Gasteiger partial charge in [0.2, 0.25) is 0 Å². The topological polar surface area (TPSA) is 24.4 Å². The lowest BCUT2D eigenvalue weighted by molar-refractivity contribution is 0.445. The summed E-state index contributed by atoms with van der Waals surface area (Å²) in [6.07, 6.45) is 8.59. The molecular weight excluding hydrogens is 124 g/mol. The summed E-state index contributed by atoms with van der Waals surface area (Å²) >= 11 is 0. The van der Waals surface area contributed by atoms with Crippen molar-refractivity contribution in [3.63, 3.8) is 0 Å². The van der Waals surface area contributed by atoms with Gasteiger partial charge in [0.1, 0.15) is 0 Å². The van der Waals surface area contributed by atoms with Gasteiger partial charge >= 0.3 is 0 Å². The van der Waals surface area contributed by atoms with Crippen LogP contribution in [0.3, 0.4) is 0 Å². The van der Waals surface area contributed by atoms with E-state index in [0.29, 0.717) is 5.41 Å². The lowest BCUT2D eigenvalue weighted by Gasteiger charge is -2.23. The van der Waals surface area contributed by atoms with Crippen molar-refractivity contribution in [1.29, 1.82) is 0 Å². The molecule has 2 heteroatoms. The third-order valence-corrected chi connectivity index (χ3v) is 2.39. The van der Waals surface area contributed by atoms with Gasteiger partial charge in [-0.05, 0) is 19.4 Å². The smallest absolute Gasteiger partial charge is 0.0230 e. The Bertz CT molecular complexity index is 176. The molecule has 54 valence electrons. The van der Waals surface area contributed by atoms with Gasteiger partial charge in [0, 0.05) is 24.4 Å². The molecule has 0 amide bonds. The summed E-state index contributed by atoms with van der Waals surface area (Å²) in [6.45, 7) is 2.30. The molecule has 2 rings (SSSR count). The molecule has 1 fully saturated rings. The highest BCUT2D eigenvalue weighted by atomic mass is 14.9. The van der Waals surface area contributed by atoms with Gasteiger partial charge in [0.15, 0.2) is 0 Å². The molecule has 0 saturated carbocycles.